The minimum absolute atomic E-state index is 0.0150. The maximum absolute atomic E-state index is 13.0. The molecule has 1 atom stereocenters. The SMILES string of the molecule is CCN(C(=O)NCc1cccc([N+](=O)[O-])c1)C(C)c1ccc(F)cc1. The van der Waals surface area contributed by atoms with E-state index in [-0.39, 0.29) is 30.1 Å². The van der Waals surface area contributed by atoms with E-state index in [0.717, 1.165) is 5.56 Å². The first kappa shape index (κ1) is 18.4. The summed E-state index contributed by atoms with van der Waals surface area (Å²) in [6.45, 7) is 4.38. The number of hydrogen-bond donors (Lipinski definition) is 1. The van der Waals surface area contributed by atoms with Crippen LogP contribution in [0.3, 0.4) is 0 Å². The highest BCUT2D eigenvalue weighted by atomic mass is 19.1. The third-order valence-electron chi connectivity index (χ3n) is 3.99. The molecule has 0 saturated heterocycles. The van der Waals surface area contributed by atoms with Gasteiger partial charge in [0.25, 0.3) is 5.69 Å². The molecule has 0 aromatic heterocycles. The minimum Gasteiger partial charge on any atom is -0.334 e. The number of nitrogens with one attached hydrogen (secondary N) is 1. The number of benzene rings is 2. The van der Waals surface area contributed by atoms with Crippen molar-refractivity contribution in [3.63, 3.8) is 0 Å². The van der Waals surface area contributed by atoms with Crippen LogP contribution in [0.4, 0.5) is 14.9 Å². The lowest BCUT2D eigenvalue weighted by Gasteiger charge is -2.28. The standard InChI is InChI=1S/C18H20FN3O3/c1-3-21(13(2)15-7-9-16(19)10-8-15)18(23)20-12-14-5-4-6-17(11-14)22(24)25/h4-11,13H,3,12H2,1-2H3,(H,20,23). The molecule has 132 valence electrons. The Hall–Kier alpha value is -2.96. The fraction of sp³-hybridized carbons (Fsp3) is 0.278. The molecular formula is C18H20FN3O3. The largest absolute Gasteiger partial charge is 0.334 e. The van der Waals surface area contributed by atoms with Gasteiger partial charge in [-0.15, -0.1) is 0 Å². The lowest BCUT2D eigenvalue weighted by Crippen LogP contribution is -2.41. The Balaban J connectivity index is 2.03. The summed E-state index contributed by atoms with van der Waals surface area (Å²) < 4.78 is 13.0. The Morgan fingerprint density at radius 2 is 1.96 bits per heavy atom. The number of carbonyl (C=O) groups is 1. The first-order valence-electron chi connectivity index (χ1n) is 7.95. The van der Waals surface area contributed by atoms with Gasteiger partial charge in [0.1, 0.15) is 5.82 Å². The number of nitro groups is 1. The molecule has 0 saturated carbocycles. The van der Waals surface area contributed by atoms with Gasteiger partial charge in [0, 0.05) is 25.2 Å². The number of rotatable bonds is 6. The van der Waals surface area contributed by atoms with Crippen LogP contribution >= 0.6 is 0 Å². The van der Waals surface area contributed by atoms with Crippen molar-refractivity contribution < 1.29 is 14.1 Å². The topological polar surface area (TPSA) is 75.5 Å². The number of nitro benzene ring substituents is 1. The molecule has 25 heavy (non-hydrogen) atoms. The van der Waals surface area contributed by atoms with Gasteiger partial charge >= 0.3 is 6.03 Å². The first-order valence-corrected chi connectivity index (χ1v) is 7.95. The highest BCUT2D eigenvalue weighted by Gasteiger charge is 2.20. The molecule has 0 aliphatic heterocycles. The summed E-state index contributed by atoms with van der Waals surface area (Å²) in [5, 5.41) is 13.6. The normalized spacial score (nSPS) is 11.6. The van der Waals surface area contributed by atoms with Gasteiger partial charge in [0.15, 0.2) is 0 Å². The van der Waals surface area contributed by atoms with Gasteiger partial charge in [-0.2, -0.15) is 0 Å². The summed E-state index contributed by atoms with van der Waals surface area (Å²) in [4.78, 5) is 24.4. The van der Waals surface area contributed by atoms with E-state index in [1.807, 2.05) is 13.8 Å². The quantitative estimate of drug-likeness (QED) is 0.634. The molecule has 0 spiro atoms. The summed E-state index contributed by atoms with van der Waals surface area (Å²) >= 11 is 0. The Kier molecular flexibility index (Phi) is 6.05. The molecule has 6 nitrogen and oxygen atoms in total. The molecule has 0 heterocycles. The molecule has 1 unspecified atom stereocenters. The van der Waals surface area contributed by atoms with Crippen molar-refractivity contribution in [3.05, 3.63) is 75.6 Å². The molecule has 0 fully saturated rings. The van der Waals surface area contributed by atoms with E-state index >= 15 is 0 Å². The second-order valence-corrected chi connectivity index (χ2v) is 5.60. The monoisotopic (exact) mass is 345 g/mol. The molecule has 0 bridgehead atoms. The lowest BCUT2D eigenvalue weighted by molar-refractivity contribution is -0.384. The van der Waals surface area contributed by atoms with Crippen molar-refractivity contribution in [2.45, 2.75) is 26.4 Å². The van der Waals surface area contributed by atoms with Gasteiger partial charge in [-0.25, -0.2) is 9.18 Å². The summed E-state index contributed by atoms with van der Waals surface area (Å²) in [6.07, 6.45) is 0. The smallest absolute Gasteiger partial charge is 0.318 e. The predicted molar refractivity (Wildman–Crippen MR) is 92.5 cm³/mol. The van der Waals surface area contributed by atoms with E-state index in [1.54, 1.807) is 29.2 Å². The Labute approximate surface area is 145 Å². The Bertz CT molecular complexity index is 749. The number of carbonyl (C=O) groups excluding carboxylic acids is 1. The fourth-order valence-corrected chi connectivity index (χ4v) is 2.57. The van der Waals surface area contributed by atoms with Gasteiger partial charge < -0.3 is 10.2 Å². The van der Waals surface area contributed by atoms with Gasteiger partial charge in [-0.3, -0.25) is 10.1 Å². The number of nitrogens with zero attached hydrogens (tertiary/aromatic N) is 2. The van der Waals surface area contributed by atoms with Crippen molar-refractivity contribution in [1.29, 1.82) is 0 Å². The van der Waals surface area contributed by atoms with Crippen LogP contribution in [0.2, 0.25) is 0 Å². The fourth-order valence-electron chi connectivity index (χ4n) is 2.57. The van der Waals surface area contributed by atoms with Crippen molar-refractivity contribution in [2.75, 3.05) is 6.54 Å². The second kappa shape index (κ2) is 8.23. The average Bonchev–Trinajstić information content (AvgIpc) is 2.61. The van der Waals surface area contributed by atoms with Crippen molar-refractivity contribution in [1.82, 2.24) is 10.2 Å². The Morgan fingerprint density at radius 3 is 2.56 bits per heavy atom. The highest BCUT2D eigenvalue weighted by Crippen LogP contribution is 2.20. The summed E-state index contributed by atoms with van der Waals surface area (Å²) in [7, 11) is 0. The van der Waals surface area contributed by atoms with Gasteiger partial charge in [-0.05, 0) is 37.1 Å². The molecular weight excluding hydrogens is 325 g/mol. The second-order valence-electron chi connectivity index (χ2n) is 5.60. The molecule has 2 amide bonds. The van der Waals surface area contributed by atoms with Crippen LogP contribution in [-0.2, 0) is 6.54 Å². The first-order chi connectivity index (χ1) is 11.9. The van der Waals surface area contributed by atoms with Crippen LogP contribution in [0.1, 0.15) is 31.0 Å². The third-order valence-corrected chi connectivity index (χ3v) is 3.99. The molecule has 0 aliphatic rings. The average molecular weight is 345 g/mol. The van der Waals surface area contributed by atoms with Gasteiger partial charge in [0.2, 0.25) is 0 Å². The molecule has 2 aromatic rings. The molecule has 0 aliphatic carbocycles. The van der Waals surface area contributed by atoms with Gasteiger partial charge in [-0.1, -0.05) is 24.3 Å². The van der Waals surface area contributed by atoms with E-state index in [1.165, 1.54) is 24.3 Å². The van der Waals surface area contributed by atoms with E-state index in [0.29, 0.717) is 12.1 Å². The molecule has 0 radical (unpaired) electrons. The van der Waals surface area contributed by atoms with Crippen molar-refractivity contribution >= 4 is 11.7 Å². The zero-order valence-electron chi connectivity index (χ0n) is 14.1. The van der Waals surface area contributed by atoms with Crippen LogP contribution in [0.15, 0.2) is 48.5 Å². The number of amides is 2. The predicted octanol–water partition coefficient (Wildman–Crippen LogP) is 4.03. The van der Waals surface area contributed by atoms with Gasteiger partial charge in [0.05, 0.1) is 11.0 Å². The van der Waals surface area contributed by atoms with E-state index < -0.39 is 4.92 Å². The van der Waals surface area contributed by atoms with E-state index in [2.05, 4.69) is 5.32 Å². The van der Waals surface area contributed by atoms with Crippen LogP contribution < -0.4 is 5.32 Å². The lowest BCUT2D eigenvalue weighted by atomic mass is 10.1. The highest BCUT2D eigenvalue weighted by molar-refractivity contribution is 5.74. The van der Waals surface area contributed by atoms with Crippen LogP contribution in [0.25, 0.3) is 0 Å². The maximum Gasteiger partial charge on any atom is 0.318 e. The number of halogens is 1. The van der Waals surface area contributed by atoms with Crippen LogP contribution in [0, 0.1) is 15.9 Å². The molecule has 2 rings (SSSR count). The van der Waals surface area contributed by atoms with Crippen LogP contribution in [0.5, 0.6) is 0 Å². The summed E-state index contributed by atoms with van der Waals surface area (Å²) in [6, 6.07) is 11.6. The Morgan fingerprint density at radius 1 is 1.28 bits per heavy atom. The van der Waals surface area contributed by atoms with E-state index in [4.69, 9.17) is 0 Å². The van der Waals surface area contributed by atoms with E-state index in [9.17, 15) is 19.3 Å². The van der Waals surface area contributed by atoms with Crippen molar-refractivity contribution in [3.8, 4) is 0 Å². The third kappa shape index (κ3) is 4.76. The molecule has 1 N–H and O–H groups in total. The molecule has 7 heteroatoms. The maximum atomic E-state index is 13.0. The zero-order valence-corrected chi connectivity index (χ0v) is 14.1. The van der Waals surface area contributed by atoms with Crippen molar-refractivity contribution in [2.24, 2.45) is 0 Å². The van der Waals surface area contributed by atoms with Crippen LogP contribution in [-0.4, -0.2) is 22.4 Å². The molecule has 2 aromatic carbocycles. The number of hydrogen-bond acceptors (Lipinski definition) is 3. The number of non-ortho nitro benzene ring substituents is 1. The zero-order chi connectivity index (χ0) is 18.4. The summed E-state index contributed by atoms with van der Waals surface area (Å²) in [5.74, 6) is -0.325. The minimum atomic E-state index is -0.472. The number of urea groups is 1. The summed E-state index contributed by atoms with van der Waals surface area (Å²) in [5.41, 5.74) is 1.46.